The van der Waals surface area contributed by atoms with Crippen molar-refractivity contribution in [3.63, 3.8) is 0 Å². The van der Waals surface area contributed by atoms with Gasteiger partial charge in [0.2, 0.25) is 5.91 Å². The van der Waals surface area contributed by atoms with Crippen LogP contribution < -0.4 is 5.32 Å². The molecular formula is C62H119NO5. The Labute approximate surface area is 424 Å². The van der Waals surface area contributed by atoms with E-state index in [-0.39, 0.29) is 18.5 Å². The molecule has 6 heteroatoms. The first-order valence-corrected chi connectivity index (χ1v) is 30.6. The van der Waals surface area contributed by atoms with Gasteiger partial charge in [0.1, 0.15) is 0 Å². The van der Waals surface area contributed by atoms with E-state index in [1.165, 1.54) is 263 Å². The highest BCUT2D eigenvalue weighted by Crippen LogP contribution is 2.17. The van der Waals surface area contributed by atoms with Crippen LogP contribution in [0.5, 0.6) is 0 Å². The standard InChI is InChI=1S/C62H119NO5/c1-3-5-7-9-11-13-15-16-17-18-22-26-29-32-36-40-44-48-52-56-62(67)68-57-53-49-45-41-37-33-30-27-24-21-19-20-23-25-28-31-35-39-43-47-51-55-61(66)63-59(58-64)60(65)54-50-46-42-38-34-14-12-10-8-6-4-2/h20,23,50,54,59-60,64-65H,3-19,21-22,24-49,51-53,55-58H2,1-2H3,(H,63,66)/b23-20-,54-50+. The van der Waals surface area contributed by atoms with Crippen LogP contribution in [0.4, 0.5) is 0 Å². The normalized spacial score (nSPS) is 12.7. The van der Waals surface area contributed by atoms with E-state index < -0.39 is 12.1 Å². The molecule has 0 rings (SSSR count). The Morgan fingerprint density at radius 1 is 0.397 bits per heavy atom. The summed E-state index contributed by atoms with van der Waals surface area (Å²) >= 11 is 0. The fraction of sp³-hybridized carbons (Fsp3) is 0.903. The van der Waals surface area contributed by atoms with Crippen molar-refractivity contribution in [1.82, 2.24) is 5.32 Å². The van der Waals surface area contributed by atoms with Gasteiger partial charge >= 0.3 is 5.97 Å². The maximum Gasteiger partial charge on any atom is 0.305 e. The minimum absolute atomic E-state index is 0.0125. The second kappa shape index (κ2) is 57.9. The van der Waals surface area contributed by atoms with Gasteiger partial charge in [0.15, 0.2) is 0 Å². The van der Waals surface area contributed by atoms with Gasteiger partial charge < -0.3 is 20.3 Å². The van der Waals surface area contributed by atoms with E-state index in [1.54, 1.807) is 6.08 Å². The molecule has 0 aromatic rings. The van der Waals surface area contributed by atoms with Crippen molar-refractivity contribution < 1.29 is 24.5 Å². The number of hydrogen-bond acceptors (Lipinski definition) is 5. The molecule has 0 radical (unpaired) electrons. The largest absolute Gasteiger partial charge is 0.466 e. The van der Waals surface area contributed by atoms with Crippen LogP contribution in [-0.2, 0) is 14.3 Å². The van der Waals surface area contributed by atoms with Gasteiger partial charge in [-0.25, -0.2) is 0 Å². The van der Waals surface area contributed by atoms with Crippen LogP contribution in [0.1, 0.15) is 335 Å². The summed E-state index contributed by atoms with van der Waals surface area (Å²) in [5, 5.41) is 23.0. The van der Waals surface area contributed by atoms with Crippen LogP contribution in [0.2, 0.25) is 0 Å². The third-order valence-electron chi connectivity index (χ3n) is 14.2. The first-order valence-electron chi connectivity index (χ1n) is 30.6. The Balaban J connectivity index is 3.39. The number of unbranched alkanes of at least 4 members (excludes halogenated alkanes) is 44. The zero-order valence-corrected chi connectivity index (χ0v) is 45.9. The molecule has 68 heavy (non-hydrogen) atoms. The van der Waals surface area contributed by atoms with Crippen LogP contribution in [-0.4, -0.2) is 47.4 Å². The van der Waals surface area contributed by atoms with Crippen molar-refractivity contribution in [2.45, 2.75) is 347 Å². The van der Waals surface area contributed by atoms with Crippen molar-refractivity contribution >= 4 is 11.9 Å². The van der Waals surface area contributed by atoms with Gasteiger partial charge in [-0.05, 0) is 57.8 Å². The zero-order chi connectivity index (χ0) is 49.3. The van der Waals surface area contributed by atoms with E-state index in [4.69, 9.17) is 4.74 Å². The summed E-state index contributed by atoms with van der Waals surface area (Å²) in [6.45, 7) is 4.90. The zero-order valence-electron chi connectivity index (χ0n) is 45.9. The number of carbonyl (C=O) groups excluding carboxylic acids is 2. The first-order chi connectivity index (χ1) is 33.5. The Kier molecular flexibility index (Phi) is 56.5. The summed E-state index contributed by atoms with van der Waals surface area (Å²) in [7, 11) is 0. The summed E-state index contributed by atoms with van der Waals surface area (Å²) < 4.78 is 5.50. The van der Waals surface area contributed by atoms with E-state index in [2.05, 4.69) is 31.3 Å². The fourth-order valence-corrected chi connectivity index (χ4v) is 9.51. The number of ether oxygens (including phenoxy) is 1. The molecule has 0 aliphatic rings. The van der Waals surface area contributed by atoms with Crippen molar-refractivity contribution in [2.24, 2.45) is 0 Å². The number of aliphatic hydroxyl groups excluding tert-OH is 2. The molecule has 6 nitrogen and oxygen atoms in total. The minimum Gasteiger partial charge on any atom is -0.466 e. The summed E-state index contributed by atoms with van der Waals surface area (Å²) in [6.07, 6.45) is 70.8. The number of amides is 1. The maximum absolute atomic E-state index is 12.4. The van der Waals surface area contributed by atoms with E-state index in [1.807, 2.05) is 6.08 Å². The lowest BCUT2D eigenvalue weighted by Gasteiger charge is -2.20. The monoisotopic (exact) mass is 958 g/mol. The first kappa shape index (κ1) is 66.3. The lowest BCUT2D eigenvalue weighted by molar-refractivity contribution is -0.143. The molecule has 0 aliphatic carbocycles. The molecule has 402 valence electrons. The predicted molar refractivity (Wildman–Crippen MR) is 296 cm³/mol. The Morgan fingerprint density at radius 3 is 1.04 bits per heavy atom. The van der Waals surface area contributed by atoms with Crippen molar-refractivity contribution in [3.8, 4) is 0 Å². The van der Waals surface area contributed by atoms with Crippen molar-refractivity contribution in [1.29, 1.82) is 0 Å². The molecule has 0 saturated carbocycles. The molecule has 0 fully saturated rings. The van der Waals surface area contributed by atoms with Gasteiger partial charge in [0, 0.05) is 12.8 Å². The topological polar surface area (TPSA) is 95.9 Å². The second-order valence-electron chi connectivity index (χ2n) is 21.0. The highest BCUT2D eigenvalue weighted by atomic mass is 16.5. The second-order valence-corrected chi connectivity index (χ2v) is 21.0. The highest BCUT2D eigenvalue weighted by Gasteiger charge is 2.18. The van der Waals surface area contributed by atoms with Gasteiger partial charge in [-0.2, -0.15) is 0 Å². The Morgan fingerprint density at radius 2 is 0.691 bits per heavy atom. The number of aliphatic hydroxyl groups is 2. The van der Waals surface area contributed by atoms with E-state index in [0.29, 0.717) is 19.4 Å². The fourth-order valence-electron chi connectivity index (χ4n) is 9.51. The van der Waals surface area contributed by atoms with Crippen LogP contribution in [0, 0.1) is 0 Å². The van der Waals surface area contributed by atoms with Crippen LogP contribution in [0.15, 0.2) is 24.3 Å². The summed E-state index contributed by atoms with van der Waals surface area (Å²) in [5.41, 5.74) is 0. The van der Waals surface area contributed by atoms with E-state index in [9.17, 15) is 19.8 Å². The average molecular weight is 959 g/mol. The summed E-state index contributed by atoms with van der Waals surface area (Å²) in [5.74, 6) is -0.0638. The maximum atomic E-state index is 12.4. The minimum atomic E-state index is -0.847. The molecule has 0 heterocycles. The van der Waals surface area contributed by atoms with Gasteiger partial charge in [0.25, 0.3) is 0 Å². The van der Waals surface area contributed by atoms with Crippen molar-refractivity contribution in [3.05, 3.63) is 24.3 Å². The molecular weight excluding hydrogens is 839 g/mol. The molecule has 0 aromatic carbocycles. The SMILES string of the molecule is CCCCCCCCCCC/C=C/C(O)C(CO)NC(=O)CCCCCCCCC/C=C\CCCCCCCCCCCCOC(=O)CCCCCCCCCCCCCCCCCCCCC. The molecule has 0 bridgehead atoms. The number of hydrogen-bond donors (Lipinski definition) is 3. The molecule has 0 spiro atoms. The van der Waals surface area contributed by atoms with Crippen LogP contribution in [0.3, 0.4) is 0 Å². The third kappa shape index (κ3) is 53.7. The molecule has 3 N–H and O–H groups in total. The summed E-state index contributed by atoms with van der Waals surface area (Å²) in [6, 6.07) is -0.632. The van der Waals surface area contributed by atoms with Gasteiger partial charge in [-0.1, -0.05) is 289 Å². The smallest absolute Gasteiger partial charge is 0.305 e. The molecule has 0 aromatic heterocycles. The molecule has 2 atom stereocenters. The number of nitrogens with one attached hydrogen (secondary N) is 1. The van der Waals surface area contributed by atoms with Gasteiger partial charge in [-0.3, -0.25) is 9.59 Å². The van der Waals surface area contributed by atoms with Gasteiger partial charge in [-0.15, -0.1) is 0 Å². The molecule has 2 unspecified atom stereocenters. The van der Waals surface area contributed by atoms with Gasteiger partial charge in [0.05, 0.1) is 25.4 Å². The molecule has 1 amide bonds. The predicted octanol–water partition coefficient (Wildman–Crippen LogP) is 19.0. The van der Waals surface area contributed by atoms with Crippen LogP contribution >= 0.6 is 0 Å². The lowest BCUT2D eigenvalue weighted by Crippen LogP contribution is -2.45. The number of rotatable bonds is 57. The van der Waals surface area contributed by atoms with E-state index >= 15 is 0 Å². The van der Waals surface area contributed by atoms with Crippen LogP contribution in [0.25, 0.3) is 0 Å². The molecule has 0 aliphatic heterocycles. The summed E-state index contributed by atoms with van der Waals surface area (Å²) in [4.78, 5) is 24.5. The number of carbonyl (C=O) groups is 2. The average Bonchev–Trinajstić information content (AvgIpc) is 3.34. The molecule has 0 saturated heterocycles. The third-order valence-corrected chi connectivity index (χ3v) is 14.2. The highest BCUT2D eigenvalue weighted by molar-refractivity contribution is 5.76. The Bertz CT molecular complexity index is 1060. The number of esters is 1. The quantitative estimate of drug-likeness (QED) is 0.0321. The van der Waals surface area contributed by atoms with Crippen molar-refractivity contribution in [2.75, 3.05) is 13.2 Å². The Hall–Kier alpha value is -1.66. The van der Waals surface area contributed by atoms with E-state index in [0.717, 1.165) is 44.9 Å². The lowest BCUT2D eigenvalue weighted by atomic mass is 10.0. The number of allylic oxidation sites excluding steroid dienone is 3.